The van der Waals surface area contributed by atoms with E-state index in [1.54, 1.807) is 7.11 Å². The van der Waals surface area contributed by atoms with Crippen LogP contribution in [0.3, 0.4) is 0 Å². The minimum atomic E-state index is -0.163. The van der Waals surface area contributed by atoms with Gasteiger partial charge in [0.05, 0.1) is 12.1 Å². The highest BCUT2D eigenvalue weighted by molar-refractivity contribution is 5.91. The molecule has 3 rings (SSSR count). The molecule has 6 nitrogen and oxygen atoms in total. The second-order valence-electron chi connectivity index (χ2n) is 7.67. The number of benzene rings is 1. The van der Waals surface area contributed by atoms with E-state index in [9.17, 15) is 4.79 Å². The van der Waals surface area contributed by atoms with Crippen molar-refractivity contribution in [2.45, 2.75) is 51.8 Å². The highest BCUT2D eigenvalue weighted by atomic mass is 16.5. The fourth-order valence-electron chi connectivity index (χ4n) is 3.99. The Bertz CT molecular complexity index is 628. The molecule has 2 atom stereocenters. The fourth-order valence-corrected chi connectivity index (χ4v) is 3.99. The lowest BCUT2D eigenvalue weighted by molar-refractivity contribution is 0.0896. The van der Waals surface area contributed by atoms with E-state index in [0.29, 0.717) is 6.04 Å². The Morgan fingerprint density at radius 2 is 1.96 bits per heavy atom. The summed E-state index contributed by atoms with van der Waals surface area (Å²) in [6, 6.07) is 6.42. The Morgan fingerprint density at radius 1 is 1.23 bits per heavy atom. The monoisotopic (exact) mass is 360 g/mol. The molecule has 2 saturated heterocycles. The van der Waals surface area contributed by atoms with Crippen molar-refractivity contribution < 1.29 is 9.53 Å². The van der Waals surface area contributed by atoms with Gasteiger partial charge in [-0.1, -0.05) is 6.07 Å². The van der Waals surface area contributed by atoms with Crippen LogP contribution in [0.15, 0.2) is 18.2 Å². The van der Waals surface area contributed by atoms with Crippen molar-refractivity contribution in [3.05, 3.63) is 23.8 Å². The number of hydrogen-bond acceptors (Lipinski definition) is 4. The number of amides is 2. The van der Waals surface area contributed by atoms with Crippen LogP contribution in [0.4, 0.5) is 16.2 Å². The van der Waals surface area contributed by atoms with E-state index in [1.807, 2.05) is 12.1 Å². The van der Waals surface area contributed by atoms with Crippen molar-refractivity contribution >= 4 is 17.4 Å². The molecule has 0 spiro atoms. The van der Waals surface area contributed by atoms with Gasteiger partial charge < -0.3 is 20.3 Å². The van der Waals surface area contributed by atoms with Crippen LogP contribution < -0.4 is 15.5 Å². The lowest BCUT2D eigenvalue weighted by atomic mass is 10.1. The summed E-state index contributed by atoms with van der Waals surface area (Å²) >= 11 is 0. The lowest BCUT2D eigenvalue weighted by Gasteiger charge is -2.23. The molecule has 2 fully saturated rings. The average Bonchev–Trinajstić information content (AvgIpc) is 3.26. The predicted molar refractivity (Wildman–Crippen MR) is 106 cm³/mol. The van der Waals surface area contributed by atoms with Crippen LogP contribution >= 0.6 is 0 Å². The number of carbonyl (C=O) groups excluding carboxylic acids is 1. The Morgan fingerprint density at radius 3 is 2.62 bits per heavy atom. The van der Waals surface area contributed by atoms with Gasteiger partial charge in [0.2, 0.25) is 0 Å². The maximum Gasteiger partial charge on any atom is 0.319 e. The third kappa shape index (κ3) is 4.13. The summed E-state index contributed by atoms with van der Waals surface area (Å²) < 4.78 is 5.57. The maximum absolute atomic E-state index is 12.6. The summed E-state index contributed by atoms with van der Waals surface area (Å²) in [7, 11) is 1.71. The van der Waals surface area contributed by atoms with Gasteiger partial charge in [-0.2, -0.15) is 0 Å². The molecule has 2 amide bonds. The van der Waals surface area contributed by atoms with Crippen LogP contribution in [0, 0.1) is 6.92 Å². The van der Waals surface area contributed by atoms with E-state index in [4.69, 9.17) is 4.74 Å². The number of anilines is 2. The van der Waals surface area contributed by atoms with Crippen LogP contribution in [0.5, 0.6) is 0 Å². The molecule has 0 aromatic heterocycles. The predicted octanol–water partition coefficient (Wildman–Crippen LogP) is 2.82. The first-order valence-electron chi connectivity index (χ1n) is 9.68. The van der Waals surface area contributed by atoms with Gasteiger partial charge >= 0.3 is 6.03 Å². The molecular weight excluding hydrogens is 328 g/mol. The molecule has 0 aliphatic carbocycles. The molecule has 2 heterocycles. The number of likely N-dealkylation sites (tertiary alicyclic amines) is 1. The highest BCUT2D eigenvalue weighted by Gasteiger charge is 2.35. The highest BCUT2D eigenvalue weighted by Crippen LogP contribution is 2.29. The summed E-state index contributed by atoms with van der Waals surface area (Å²) in [5.74, 6) is 0. The Kier molecular flexibility index (Phi) is 6.04. The number of methoxy groups -OCH3 is 1. The molecule has 1 aromatic carbocycles. The summed E-state index contributed by atoms with van der Waals surface area (Å²) in [5, 5.41) is 6.14. The molecule has 26 heavy (non-hydrogen) atoms. The van der Waals surface area contributed by atoms with Crippen molar-refractivity contribution in [1.82, 2.24) is 10.2 Å². The Balaban J connectivity index is 1.64. The minimum Gasteiger partial charge on any atom is -0.378 e. The molecular formula is C20H32N4O2. The summed E-state index contributed by atoms with van der Waals surface area (Å²) in [4.78, 5) is 17.3. The van der Waals surface area contributed by atoms with Crippen LogP contribution in [0.2, 0.25) is 0 Å². The summed E-state index contributed by atoms with van der Waals surface area (Å²) in [6.45, 7) is 10.3. The van der Waals surface area contributed by atoms with Crippen LogP contribution in [-0.4, -0.2) is 62.4 Å². The van der Waals surface area contributed by atoms with Gasteiger partial charge in [-0.15, -0.1) is 0 Å². The number of nitrogens with one attached hydrogen (secondary N) is 2. The topological polar surface area (TPSA) is 56.8 Å². The zero-order valence-corrected chi connectivity index (χ0v) is 16.4. The first-order valence-corrected chi connectivity index (χ1v) is 9.68. The van der Waals surface area contributed by atoms with Crippen LogP contribution in [0.25, 0.3) is 0 Å². The smallest absolute Gasteiger partial charge is 0.319 e. The third-order valence-corrected chi connectivity index (χ3v) is 5.64. The molecule has 2 unspecified atom stereocenters. The van der Waals surface area contributed by atoms with Crippen molar-refractivity contribution in [1.29, 1.82) is 0 Å². The third-order valence-electron chi connectivity index (χ3n) is 5.64. The van der Waals surface area contributed by atoms with Gasteiger partial charge in [-0.3, -0.25) is 4.90 Å². The van der Waals surface area contributed by atoms with E-state index in [1.165, 1.54) is 18.5 Å². The first-order chi connectivity index (χ1) is 12.5. The first kappa shape index (κ1) is 19.0. The molecule has 6 heteroatoms. The lowest BCUT2D eigenvalue weighted by Crippen LogP contribution is -2.45. The van der Waals surface area contributed by atoms with Gasteiger partial charge in [0.1, 0.15) is 0 Å². The van der Waals surface area contributed by atoms with E-state index in [-0.39, 0.29) is 18.2 Å². The molecule has 144 valence electrons. The number of carbonyl (C=O) groups is 1. The van der Waals surface area contributed by atoms with Crippen molar-refractivity contribution in [3.63, 3.8) is 0 Å². The quantitative estimate of drug-likeness (QED) is 0.848. The Labute approximate surface area is 156 Å². The zero-order chi connectivity index (χ0) is 18.7. The van der Waals surface area contributed by atoms with Crippen molar-refractivity contribution in [2.75, 3.05) is 43.5 Å². The number of urea groups is 1. The van der Waals surface area contributed by atoms with E-state index in [0.717, 1.165) is 37.4 Å². The van der Waals surface area contributed by atoms with Crippen LogP contribution in [-0.2, 0) is 4.74 Å². The minimum absolute atomic E-state index is 0.00414. The molecule has 2 aliphatic heterocycles. The molecule has 0 bridgehead atoms. The number of nitrogens with zero attached hydrogens (tertiary/aromatic N) is 2. The molecule has 2 N–H and O–H groups in total. The summed E-state index contributed by atoms with van der Waals surface area (Å²) in [6.07, 6.45) is 2.51. The average molecular weight is 361 g/mol. The SMILES string of the molecule is COC1CN(C(C)C)CC1NC(=O)Nc1cccc(N2CCCC2)c1C. The summed E-state index contributed by atoms with van der Waals surface area (Å²) in [5.41, 5.74) is 3.23. The van der Waals surface area contributed by atoms with Gasteiger partial charge in [-0.05, 0) is 51.3 Å². The standard InChI is InChI=1S/C20H32N4O2/c1-14(2)24-12-17(19(13-24)26-4)22-20(25)21-16-8-7-9-18(15(16)3)23-10-5-6-11-23/h7-9,14,17,19H,5-6,10-13H2,1-4H3,(H2,21,22,25). The largest absolute Gasteiger partial charge is 0.378 e. The second kappa shape index (κ2) is 8.27. The van der Waals surface area contributed by atoms with Gasteiger partial charge in [-0.25, -0.2) is 4.79 Å². The number of hydrogen-bond donors (Lipinski definition) is 2. The maximum atomic E-state index is 12.6. The molecule has 1 aromatic rings. The zero-order valence-electron chi connectivity index (χ0n) is 16.4. The van der Waals surface area contributed by atoms with Gasteiger partial charge in [0, 0.05) is 50.7 Å². The number of ether oxygens (including phenoxy) is 1. The molecule has 0 saturated carbocycles. The van der Waals surface area contributed by atoms with E-state index in [2.05, 4.69) is 47.3 Å². The second-order valence-corrected chi connectivity index (χ2v) is 7.67. The molecule has 0 radical (unpaired) electrons. The van der Waals surface area contributed by atoms with Gasteiger partial charge in [0.25, 0.3) is 0 Å². The normalized spacial score (nSPS) is 23.7. The Hall–Kier alpha value is -1.79. The van der Waals surface area contributed by atoms with Gasteiger partial charge in [0.15, 0.2) is 0 Å². The van der Waals surface area contributed by atoms with Crippen LogP contribution in [0.1, 0.15) is 32.3 Å². The van der Waals surface area contributed by atoms with Crippen molar-refractivity contribution in [3.8, 4) is 0 Å². The van der Waals surface area contributed by atoms with E-state index < -0.39 is 0 Å². The van der Waals surface area contributed by atoms with E-state index >= 15 is 0 Å². The number of rotatable bonds is 5. The van der Waals surface area contributed by atoms with Crippen molar-refractivity contribution in [2.24, 2.45) is 0 Å². The fraction of sp³-hybridized carbons (Fsp3) is 0.650. The molecule has 2 aliphatic rings.